The van der Waals surface area contributed by atoms with Crippen LogP contribution in [-0.4, -0.2) is 14.2 Å². The zero-order valence-corrected chi connectivity index (χ0v) is 15.9. The lowest BCUT2D eigenvalue weighted by Gasteiger charge is -2.11. The number of hydrogen-bond acceptors (Lipinski definition) is 4. The van der Waals surface area contributed by atoms with Gasteiger partial charge < -0.3 is 9.47 Å². The highest BCUT2D eigenvalue weighted by Gasteiger charge is 2.18. The first kappa shape index (κ1) is 17.8. The number of H-pyrrole nitrogens is 1. The molecule has 0 atom stereocenters. The summed E-state index contributed by atoms with van der Waals surface area (Å²) in [5.41, 5.74) is 9.83. The van der Waals surface area contributed by atoms with Crippen molar-refractivity contribution in [2.75, 3.05) is 20.0 Å². The molecule has 0 spiro atoms. The maximum Gasteiger partial charge on any atom is 0.289 e. The molecule has 5 nitrogen and oxygen atoms in total. The number of ether oxygens (including phenoxy) is 2. The SMILES string of the molecule is COc1ccc(-c2cc(-c3ccc(Br)cc3)[nH+]c(N)c2C#N)cc1OC. The summed E-state index contributed by atoms with van der Waals surface area (Å²) in [6.07, 6.45) is 0. The highest BCUT2D eigenvalue weighted by molar-refractivity contribution is 9.10. The molecule has 0 unspecified atom stereocenters. The molecule has 2 aromatic carbocycles. The second-order valence-corrected chi connectivity index (χ2v) is 6.49. The molecule has 3 rings (SSSR count). The van der Waals surface area contributed by atoms with Gasteiger partial charge in [-0.05, 0) is 48.0 Å². The van der Waals surface area contributed by atoms with Gasteiger partial charge in [0.05, 0.1) is 14.2 Å². The van der Waals surface area contributed by atoms with Crippen molar-refractivity contribution >= 4 is 21.7 Å². The Hall–Kier alpha value is -3.04. The minimum Gasteiger partial charge on any atom is -0.493 e. The Kier molecular flexibility index (Phi) is 5.10. The van der Waals surface area contributed by atoms with Crippen LogP contribution in [0.15, 0.2) is 53.0 Å². The molecule has 0 radical (unpaired) electrons. The number of benzene rings is 2. The Morgan fingerprint density at radius 1 is 0.962 bits per heavy atom. The number of pyridine rings is 1. The molecule has 0 aliphatic heterocycles. The zero-order chi connectivity index (χ0) is 18.7. The van der Waals surface area contributed by atoms with E-state index in [0.717, 1.165) is 26.9 Å². The highest BCUT2D eigenvalue weighted by atomic mass is 79.9. The van der Waals surface area contributed by atoms with E-state index in [4.69, 9.17) is 15.2 Å². The number of nitrogen functional groups attached to an aromatic ring is 1. The van der Waals surface area contributed by atoms with E-state index >= 15 is 0 Å². The topological polar surface area (TPSA) is 82.4 Å². The van der Waals surface area contributed by atoms with Gasteiger partial charge in [-0.3, -0.25) is 5.73 Å². The fourth-order valence-electron chi connectivity index (χ4n) is 2.74. The van der Waals surface area contributed by atoms with Crippen LogP contribution in [0, 0.1) is 11.3 Å². The maximum absolute atomic E-state index is 9.57. The van der Waals surface area contributed by atoms with Gasteiger partial charge in [-0.1, -0.05) is 22.0 Å². The van der Waals surface area contributed by atoms with Crippen molar-refractivity contribution in [3.05, 3.63) is 58.6 Å². The summed E-state index contributed by atoms with van der Waals surface area (Å²) >= 11 is 3.43. The lowest BCUT2D eigenvalue weighted by atomic mass is 9.98. The lowest BCUT2D eigenvalue weighted by molar-refractivity contribution is -0.346. The monoisotopic (exact) mass is 410 g/mol. The Labute approximate surface area is 160 Å². The number of nitrogens with zero attached hydrogens (tertiary/aromatic N) is 1. The van der Waals surface area contributed by atoms with Crippen molar-refractivity contribution in [2.45, 2.75) is 0 Å². The van der Waals surface area contributed by atoms with Gasteiger partial charge in [0, 0.05) is 15.6 Å². The van der Waals surface area contributed by atoms with Gasteiger partial charge in [-0.2, -0.15) is 5.26 Å². The summed E-state index contributed by atoms with van der Waals surface area (Å²) in [5.74, 6) is 1.53. The van der Waals surface area contributed by atoms with Crippen molar-refractivity contribution in [1.29, 1.82) is 5.26 Å². The molecule has 130 valence electrons. The molecule has 1 aromatic heterocycles. The van der Waals surface area contributed by atoms with Crippen LogP contribution in [0.5, 0.6) is 11.5 Å². The largest absolute Gasteiger partial charge is 0.493 e. The Balaban J connectivity index is 2.20. The van der Waals surface area contributed by atoms with Gasteiger partial charge in [-0.15, -0.1) is 0 Å². The first-order valence-electron chi connectivity index (χ1n) is 7.81. The summed E-state index contributed by atoms with van der Waals surface area (Å²) in [6, 6.07) is 17.5. The maximum atomic E-state index is 9.57. The van der Waals surface area contributed by atoms with E-state index in [0.29, 0.717) is 22.9 Å². The quantitative estimate of drug-likeness (QED) is 0.702. The first-order valence-corrected chi connectivity index (χ1v) is 8.61. The van der Waals surface area contributed by atoms with E-state index in [1.807, 2.05) is 48.5 Å². The van der Waals surface area contributed by atoms with Crippen molar-refractivity contribution in [1.82, 2.24) is 0 Å². The van der Waals surface area contributed by atoms with Crippen LogP contribution in [0.4, 0.5) is 5.82 Å². The second kappa shape index (κ2) is 7.46. The fraction of sp³-hybridized carbons (Fsp3) is 0.100. The third-order valence-electron chi connectivity index (χ3n) is 4.06. The molecular weight excluding hydrogens is 394 g/mol. The van der Waals surface area contributed by atoms with E-state index in [-0.39, 0.29) is 0 Å². The Morgan fingerprint density at radius 2 is 1.62 bits per heavy atom. The molecule has 0 amide bonds. The zero-order valence-electron chi connectivity index (χ0n) is 14.3. The predicted octanol–water partition coefficient (Wildman–Crippen LogP) is 4.07. The van der Waals surface area contributed by atoms with Crippen LogP contribution < -0.4 is 20.2 Å². The van der Waals surface area contributed by atoms with Crippen LogP contribution in [-0.2, 0) is 0 Å². The molecule has 0 fully saturated rings. The molecule has 0 bridgehead atoms. The number of aromatic amines is 1. The van der Waals surface area contributed by atoms with E-state index in [1.54, 1.807) is 14.2 Å². The average molecular weight is 411 g/mol. The van der Waals surface area contributed by atoms with E-state index in [1.165, 1.54) is 0 Å². The van der Waals surface area contributed by atoms with Crippen molar-refractivity contribution in [3.8, 4) is 40.0 Å². The minimum absolute atomic E-state index is 0.317. The van der Waals surface area contributed by atoms with Crippen molar-refractivity contribution < 1.29 is 14.5 Å². The summed E-state index contributed by atoms with van der Waals surface area (Å²) in [5, 5.41) is 9.57. The summed E-state index contributed by atoms with van der Waals surface area (Å²) in [7, 11) is 3.16. The van der Waals surface area contributed by atoms with E-state index in [9.17, 15) is 5.26 Å². The van der Waals surface area contributed by atoms with E-state index in [2.05, 4.69) is 27.0 Å². The molecule has 0 saturated heterocycles. The van der Waals surface area contributed by atoms with Crippen LogP contribution in [0.3, 0.4) is 0 Å². The van der Waals surface area contributed by atoms with Crippen LogP contribution in [0.2, 0.25) is 0 Å². The number of hydrogen-bond donors (Lipinski definition) is 1. The van der Waals surface area contributed by atoms with Crippen LogP contribution >= 0.6 is 15.9 Å². The highest BCUT2D eigenvalue weighted by Crippen LogP contribution is 2.35. The molecule has 26 heavy (non-hydrogen) atoms. The number of aromatic nitrogens is 1. The smallest absolute Gasteiger partial charge is 0.289 e. The predicted molar refractivity (Wildman–Crippen MR) is 104 cm³/mol. The van der Waals surface area contributed by atoms with Gasteiger partial charge in [0.1, 0.15) is 17.3 Å². The molecule has 3 aromatic rings. The van der Waals surface area contributed by atoms with E-state index < -0.39 is 0 Å². The Bertz CT molecular complexity index is 995. The van der Waals surface area contributed by atoms with Crippen LogP contribution in [0.1, 0.15) is 5.56 Å². The number of rotatable bonds is 4. The minimum atomic E-state index is 0.317. The van der Waals surface area contributed by atoms with Gasteiger partial charge in [0.2, 0.25) is 0 Å². The number of nitriles is 1. The molecule has 0 aliphatic rings. The standard InChI is InChI=1S/C20H16BrN3O2/c1-25-18-8-5-13(9-19(18)26-2)15-10-17(24-20(23)16(15)11-22)12-3-6-14(21)7-4-12/h3-10H,1-2H3,(H2,23,24)/p+1. The van der Waals surface area contributed by atoms with Crippen molar-refractivity contribution in [2.24, 2.45) is 0 Å². The number of anilines is 1. The van der Waals surface area contributed by atoms with Gasteiger partial charge in [-0.25, -0.2) is 4.98 Å². The normalized spacial score (nSPS) is 10.2. The third kappa shape index (κ3) is 3.35. The first-order chi connectivity index (χ1) is 12.6. The molecule has 0 aliphatic carbocycles. The molecule has 1 heterocycles. The van der Waals surface area contributed by atoms with Gasteiger partial charge in [0.15, 0.2) is 11.5 Å². The number of halogens is 1. The second-order valence-electron chi connectivity index (χ2n) is 5.57. The third-order valence-corrected chi connectivity index (χ3v) is 4.59. The summed E-state index contributed by atoms with van der Waals surface area (Å²) < 4.78 is 11.7. The van der Waals surface area contributed by atoms with Crippen LogP contribution in [0.25, 0.3) is 22.4 Å². The van der Waals surface area contributed by atoms with Crippen molar-refractivity contribution in [3.63, 3.8) is 0 Å². The van der Waals surface area contributed by atoms with Gasteiger partial charge >= 0.3 is 0 Å². The number of nitrogens with one attached hydrogen (secondary N) is 1. The number of nitrogens with two attached hydrogens (primary N) is 1. The summed E-state index contributed by atoms with van der Waals surface area (Å²) in [4.78, 5) is 3.11. The Morgan fingerprint density at radius 3 is 2.23 bits per heavy atom. The number of methoxy groups -OCH3 is 2. The lowest BCUT2D eigenvalue weighted by Crippen LogP contribution is -2.16. The molecule has 0 saturated carbocycles. The van der Waals surface area contributed by atoms with Gasteiger partial charge in [0.25, 0.3) is 5.82 Å². The molecule has 3 N–H and O–H groups in total. The molecule has 6 heteroatoms. The molecular formula is C20H17BrN3O2+. The summed E-state index contributed by atoms with van der Waals surface area (Å²) in [6.45, 7) is 0. The average Bonchev–Trinajstić information content (AvgIpc) is 2.67. The fourth-order valence-corrected chi connectivity index (χ4v) is 3.01.